The maximum absolute atomic E-state index is 5.73. The van der Waals surface area contributed by atoms with Crippen LogP contribution in [0.25, 0.3) is 0 Å². The summed E-state index contributed by atoms with van der Waals surface area (Å²) < 4.78 is 5.73. The number of hydrogen-bond acceptors (Lipinski definition) is 3. The molecule has 1 N–H and O–H groups in total. The summed E-state index contributed by atoms with van der Waals surface area (Å²) >= 11 is 0. The van der Waals surface area contributed by atoms with Crippen LogP contribution >= 0.6 is 0 Å². The van der Waals surface area contributed by atoms with Gasteiger partial charge in [0, 0.05) is 30.1 Å². The summed E-state index contributed by atoms with van der Waals surface area (Å²) in [5.74, 6) is 3.78. The van der Waals surface area contributed by atoms with Gasteiger partial charge in [-0.05, 0) is 105 Å². The van der Waals surface area contributed by atoms with Crippen LogP contribution in [0, 0.1) is 23.2 Å². The van der Waals surface area contributed by atoms with Crippen LogP contribution in [-0.4, -0.2) is 43.2 Å². The first-order valence-electron chi connectivity index (χ1n) is 11.8. The zero-order valence-electron chi connectivity index (χ0n) is 17.4. The lowest BCUT2D eigenvalue weighted by molar-refractivity contribution is -0.0944. The number of nitrogens with zero attached hydrogens (tertiary/aromatic N) is 1. The van der Waals surface area contributed by atoms with Gasteiger partial charge in [-0.15, -0.1) is 0 Å². The largest absolute Gasteiger partial charge is 0.497 e. The average molecular weight is 379 g/mol. The fourth-order valence-electron chi connectivity index (χ4n) is 9.21. The first-order chi connectivity index (χ1) is 13.7. The highest BCUT2D eigenvalue weighted by molar-refractivity contribution is 5.51. The molecule has 0 radical (unpaired) electrons. The normalized spacial score (nSPS) is 48.3. The summed E-state index contributed by atoms with van der Waals surface area (Å²) in [6, 6.07) is 9.31. The summed E-state index contributed by atoms with van der Waals surface area (Å²) in [6.07, 6.45) is 9.91. The Kier molecular flexibility index (Phi) is 3.19. The number of rotatable bonds is 3. The van der Waals surface area contributed by atoms with E-state index in [-0.39, 0.29) is 0 Å². The fraction of sp³-hybridized carbons (Fsp3) is 0.760. The SMILES string of the molecule is COc1ccc2c(c1)[C@@]13CCN(CC4CC4)[C@H](C2)[C@]12CC[C@H]1N[C@H](C)[C@@H](C2)[C@H]13. The van der Waals surface area contributed by atoms with E-state index >= 15 is 0 Å². The molecule has 6 aliphatic rings. The molecular weight excluding hydrogens is 344 g/mol. The predicted octanol–water partition coefficient (Wildman–Crippen LogP) is 3.75. The van der Waals surface area contributed by atoms with Crippen molar-refractivity contribution < 1.29 is 4.74 Å². The lowest BCUT2D eigenvalue weighted by Gasteiger charge is -2.66. The second-order valence-corrected chi connectivity index (χ2v) is 11.1. The molecule has 0 aromatic heterocycles. The summed E-state index contributed by atoms with van der Waals surface area (Å²) in [5.41, 5.74) is 4.25. The molecule has 1 aromatic rings. The van der Waals surface area contributed by atoms with E-state index < -0.39 is 0 Å². The molecule has 3 heteroatoms. The van der Waals surface area contributed by atoms with E-state index in [0.717, 1.165) is 35.6 Å². The average Bonchev–Trinajstić information content (AvgIpc) is 3.41. The van der Waals surface area contributed by atoms with Crippen LogP contribution in [0.1, 0.15) is 56.6 Å². The van der Waals surface area contributed by atoms with Crippen molar-refractivity contribution in [1.82, 2.24) is 10.2 Å². The van der Waals surface area contributed by atoms with Gasteiger partial charge in [-0.3, -0.25) is 4.90 Å². The van der Waals surface area contributed by atoms with E-state index in [0.29, 0.717) is 16.9 Å². The van der Waals surface area contributed by atoms with Crippen LogP contribution in [0.5, 0.6) is 5.75 Å². The molecule has 2 heterocycles. The van der Waals surface area contributed by atoms with Crippen LogP contribution in [0.15, 0.2) is 18.2 Å². The minimum Gasteiger partial charge on any atom is -0.497 e. The smallest absolute Gasteiger partial charge is 0.119 e. The highest BCUT2D eigenvalue weighted by Crippen LogP contribution is 2.75. The third-order valence-corrected chi connectivity index (χ3v) is 10.2. The van der Waals surface area contributed by atoms with Crippen molar-refractivity contribution in [1.29, 1.82) is 0 Å². The summed E-state index contributed by atoms with van der Waals surface area (Å²) in [6.45, 7) is 5.17. The maximum Gasteiger partial charge on any atom is 0.119 e. The van der Waals surface area contributed by atoms with E-state index in [9.17, 15) is 0 Å². The Hall–Kier alpha value is -1.06. The van der Waals surface area contributed by atoms with E-state index in [1.54, 1.807) is 11.1 Å². The zero-order valence-corrected chi connectivity index (χ0v) is 17.4. The van der Waals surface area contributed by atoms with Gasteiger partial charge in [0.05, 0.1) is 7.11 Å². The molecule has 7 atom stereocenters. The Morgan fingerprint density at radius 3 is 2.93 bits per heavy atom. The maximum atomic E-state index is 5.73. The van der Waals surface area contributed by atoms with Gasteiger partial charge in [0.1, 0.15) is 5.75 Å². The molecule has 150 valence electrons. The second-order valence-electron chi connectivity index (χ2n) is 11.1. The van der Waals surface area contributed by atoms with Gasteiger partial charge in [-0.1, -0.05) is 6.07 Å². The molecule has 7 rings (SSSR count). The van der Waals surface area contributed by atoms with Crippen molar-refractivity contribution in [3.63, 3.8) is 0 Å². The number of fused-ring (bicyclic) bond motifs is 1. The van der Waals surface area contributed by atoms with Crippen molar-refractivity contribution in [2.75, 3.05) is 20.2 Å². The molecule has 0 amide bonds. The lowest BCUT2D eigenvalue weighted by atomic mass is 9.43. The third kappa shape index (κ3) is 1.81. The van der Waals surface area contributed by atoms with Crippen molar-refractivity contribution in [3.05, 3.63) is 29.3 Å². The van der Waals surface area contributed by atoms with Crippen molar-refractivity contribution in [2.24, 2.45) is 23.2 Å². The predicted molar refractivity (Wildman–Crippen MR) is 111 cm³/mol. The Bertz CT molecular complexity index is 834. The Labute approximate surface area is 169 Å². The van der Waals surface area contributed by atoms with Crippen LogP contribution < -0.4 is 10.1 Å². The number of nitrogens with one attached hydrogen (secondary N) is 1. The molecule has 3 saturated carbocycles. The van der Waals surface area contributed by atoms with Crippen molar-refractivity contribution >= 4 is 0 Å². The molecular formula is C25H34N2O. The summed E-state index contributed by atoms with van der Waals surface area (Å²) in [5, 5.41) is 4.04. The number of likely N-dealkylation sites (tertiary alicyclic amines) is 1. The third-order valence-electron chi connectivity index (χ3n) is 10.2. The van der Waals surface area contributed by atoms with Gasteiger partial charge in [0.25, 0.3) is 0 Å². The molecule has 1 aromatic carbocycles. The van der Waals surface area contributed by atoms with Crippen LogP contribution in [0.4, 0.5) is 0 Å². The van der Waals surface area contributed by atoms with Crippen LogP contribution in [0.3, 0.4) is 0 Å². The minimum absolute atomic E-state index is 0.394. The Morgan fingerprint density at radius 2 is 2.11 bits per heavy atom. The van der Waals surface area contributed by atoms with Crippen molar-refractivity contribution in [2.45, 2.75) is 75.4 Å². The number of benzene rings is 1. The molecule has 5 fully saturated rings. The van der Waals surface area contributed by atoms with Gasteiger partial charge >= 0.3 is 0 Å². The number of ether oxygens (including phenoxy) is 1. The second kappa shape index (κ2) is 5.35. The first-order valence-corrected chi connectivity index (χ1v) is 11.8. The van der Waals surface area contributed by atoms with Crippen LogP contribution in [0.2, 0.25) is 0 Å². The minimum atomic E-state index is 0.394. The highest BCUT2D eigenvalue weighted by Gasteiger charge is 2.75. The van der Waals surface area contributed by atoms with Gasteiger partial charge in [-0.2, -0.15) is 0 Å². The van der Waals surface area contributed by atoms with E-state index in [4.69, 9.17) is 4.74 Å². The van der Waals surface area contributed by atoms with E-state index in [1.165, 1.54) is 58.0 Å². The van der Waals surface area contributed by atoms with Gasteiger partial charge in [-0.25, -0.2) is 0 Å². The highest BCUT2D eigenvalue weighted by atomic mass is 16.5. The quantitative estimate of drug-likeness (QED) is 0.867. The molecule has 2 saturated heterocycles. The Balaban J connectivity index is 1.44. The molecule has 28 heavy (non-hydrogen) atoms. The zero-order chi connectivity index (χ0) is 18.7. The molecule has 3 nitrogen and oxygen atoms in total. The van der Waals surface area contributed by atoms with Gasteiger partial charge in [0.15, 0.2) is 0 Å². The fourth-order valence-corrected chi connectivity index (χ4v) is 9.21. The van der Waals surface area contributed by atoms with Crippen LogP contribution in [-0.2, 0) is 11.8 Å². The molecule has 0 spiro atoms. The molecule has 4 aliphatic carbocycles. The monoisotopic (exact) mass is 378 g/mol. The summed E-state index contributed by atoms with van der Waals surface area (Å²) in [4.78, 5) is 2.97. The lowest BCUT2D eigenvalue weighted by Crippen LogP contribution is -2.69. The molecule has 4 bridgehead atoms. The number of piperidine rings is 1. The Morgan fingerprint density at radius 1 is 1.21 bits per heavy atom. The van der Waals surface area contributed by atoms with Crippen molar-refractivity contribution in [3.8, 4) is 5.75 Å². The van der Waals surface area contributed by atoms with Gasteiger partial charge < -0.3 is 10.1 Å². The number of hydrogen-bond donors (Lipinski definition) is 1. The van der Waals surface area contributed by atoms with Gasteiger partial charge in [0.2, 0.25) is 0 Å². The summed E-state index contributed by atoms with van der Waals surface area (Å²) in [7, 11) is 1.84. The molecule has 2 aliphatic heterocycles. The first kappa shape index (κ1) is 16.7. The van der Waals surface area contributed by atoms with E-state index in [1.807, 2.05) is 7.11 Å². The number of methoxy groups -OCH3 is 1. The standard InChI is InChI=1S/C25H34N2O/c1-15-19-13-24-8-7-21(26-15)23(19)25(24)9-10-27(14-16-3-4-16)22(24)11-17-5-6-18(28-2)12-20(17)25/h5-6,12,15-16,19,21-23,26H,3-4,7-11,13-14H2,1-2H3/t15-,19-,21-,22-,23-,24-,25-/m1/s1. The van der Waals surface area contributed by atoms with E-state index in [2.05, 4.69) is 35.3 Å². The topological polar surface area (TPSA) is 24.5 Å². The molecule has 0 unspecified atom stereocenters.